The van der Waals surface area contributed by atoms with Crippen LogP contribution in [0.5, 0.6) is 0 Å². The standard InChI is InChI=1S/C15H26N4O2S/c1-12(2)21-10-6-8-16-14(20)11-22-15-18-17-13-7-4-3-5-9-19(13)15/h12H,3-11H2,1-2H3,(H,16,20). The van der Waals surface area contributed by atoms with Crippen LogP contribution in [0.1, 0.15) is 45.4 Å². The Bertz CT molecular complexity index is 476. The molecular formula is C15H26N4O2S. The Labute approximate surface area is 136 Å². The van der Waals surface area contributed by atoms with Crippen molar-refractivity contribution >= 4 is 17.7 Å². The molecule has 1 aliphatic rings. The van der Waals surface area contributed by atoms with Crippen LogP contribution in [0.4, 0.5) is 0 Å². The number of thioether (sulfide) groups is 1. The van der Waals surface area contributed by atoms with Gasteiger partial charge in [-0.2, -0.15) is 0 Å². The largest absolute Gasteiger partial charge is 0.379 e. The zero-order valence-electron chi connectivity index (χ0n) is 13.5. The van der Waals surface area contributed by atoms with Gasteiger partial charge in [0.25, 0.3) is 0 Å². The number of carbonyl (C=O) groups is 1. The minimum atomic E-state index is 0.0421. The van der Waals surface area contributed by atoms with E-state index in [1.165, 1.54) is 31.0 Å². The Balaban J connectivity index is 1.67. The highest BCUT2D eigenvalue weighted by Crippen LogP contribution is 2.21. The van der Waals surface area contributed by atoms with Crippen molar-refractivity contribution in [2.75, 3.05) is 18.9 Å². The van der Waals surface area contributed by atoms with E-state index in [-0.39, 0.29) is 12.0 Å². The summed E-state index contributed by atoms with van der Waals surface area (Å²) in [6.45, 7) is 6.33. The van der Waals surface area contributed by atoms with Crippen LogP contribution in [0, 0.1) is 0 Å². The summed E-state index contributed by atoms with van der Waals surface area (Å²) in [6.07, 6.45) is 5.67. The summed E-state index contributed by atoms with van der Waals surface area (Å²) in [7, 11) is 0. The molecule has 6 nitrogen and oxygen atoms in total. The first kappa shape index (κ1) is 17.3. The molecule has 0 spiro atoms. The summed E-state index contributed by atoms with van der Waals surface area (Å²) in [6, 6.07) is 0. The second kappa shape index (κ2) is 9.15. The topological polar surface area (TPSA) is 69.0 Å². The summed E-state index contributed by atoms with van der Waals surface area (Å²) in [5.74, 6) is 1.50. The van der Waals surface area contributed by atoms with Gasteiger partial charge in [-0.1, -0.05) is 18.2 Å². The van der Waals surface area contributed by atoms with Gasteiger partial charge in [-0.3, -0.25) is 4.79 Å². The fraction of sp³-hybridized carbons (Fsp3) is 0.800. The number of hydrogen-bond donors (Lipinski definition) is 1. The van der Waals surface area contributed by atoms with Crippen LogP contribution >= 0.6 is 11.8 Å². The number of carbonyl (C=O) groups excluding carboxylic acids is 1. The normalized spacial score (nSPS) is 14.7. The third-order valence-corrected chi connectivity index (χ3v) is 4.47. The molecule has 124 valence electrons. The van der Waals surface area contributed by atoms with Crippen LogP contribution in [0.2, 0.25) is 0 Å². The molecule has 1 amide bonds. The van der Waals surface area contributed by atoms with E-state index < -0.39 is 0 Å². The Morgan fingerprint density at radius 2 is 2.23 bits per heavy atom. The molecule has 0 saturated heterocycles. The van der Waals surface area contributed by atoms with Gasteiger partial charge in [-0.05, 0) is 33.1 Å². The fourth-order valence-corrected chi connectivity index (χ4v) is 3.18. The lowest BCUT2D eigenvalue weighted by Crippen LogP contribution is -2.27. The number of aromatic nitrogens is 3. The third-order valence-electron chi connectivity index (χ3n) is 3.50. The highest BCUT2D eigenvalue weighted by atomic mass is 32.2. The van der Waals surface area contributed by atoms with Crippen LogP contribution in [0.25, 0.3) is 0 Å². The van der Waals surface area contributed by atoms with Gasteiger partial charge in [0.05, 0.1) is 11.9 Å². The molecule has 2 heterocycles. The quantitative estimate of drug-likeness (QED) is 0.585. The van der Waals surface area contributed by atoms with Crippen molar-refractivity contribution in [2.45, 2.75) is 63.8 Å². The third kappa shape index (κ3) is 5.61. The number of nitrogens with zero attached hydrogens (tertiary/aromatic N) is 3. The van der Waals surface area contributed by atoms with E-state index in [4.69, 9.17) is 4.74 Å². The van der Waals surface area contributed by atoms with Crippen molar-refractivity contribution in [3.8, 4) is 0 Å². The second-order valence-electron chi connectivity index (χ2n) is 5.77. The fourth-order valence-electron chi connectivity index (χ4n) is 2.37. The van der Waals surface area contributed by atoms with Crippen molar-refractivity contribution in [3.05, 3.63) is 5.82 Å². The summed E-state index contributed by atoms with van der Waals surface area (Å²) < 4.78 is 7.61. The summed E-state index contributed by atoms with van der Waals surface area (Å²) in [5, 5.41) is 12.2. The summed E-state index contributed by atoms with van der Waals surface area (Å²) >= 11 is 1.47. The molecule has 0 bridgehead atoms. The number of hydrogen-bond acceptors (Lipinski definition) is 5. The van der Waals surface area contributed by atoms with Crippen molar-refractivity contribution in [1.82, 2.24) is 20.1 Å². The molecule has 0 aromatic carbocycles. The van der Waals surface area contributed by atoms with E-state index in [0.717, 1.165) is 30.4 Å². The van der Waals surface area contributed by atoms with Gasteiger partial charge < -0.3 is 14.6 Å². The maximum Gasteiger partial charge on any atom is 0.230 e. The Morgan fingerprint density at radius 3 is 3.05 bits per heavy atom. The Morgan fingerprint density at radius 1 is 1.36 bits per heavy atom. The van der Waals surface area contributed by atoms with Crippen molar-refractivity contribution in [2.24, 2.45) is 0 Å². The summed E-state index contributed by atoms with van der Waals surface area (Å²) in [5.41, 5.74) is 0. The molecule has 1 aromatic heterocycles. The van der Waals surface area contributed by atoms with Crippen molar-refractivity contribution in [3.63, 3.8) is 0 Å². The van der Waals surface area contributed by atoms with Gasteiger partial charge in [-0.25, -0.2) is 0 Å². The zero-order valence-corrected chi connectivity index (χ0v) is 14.3. The van der Waals surface area contributed by atoms with Crippen LogP contribution in [-0.2, 0) is 22.5 Å². The minimum absolute atomic E-state index is 0.0421. The molecule has 0 fully saturated rings. The highest BCUT2D eigenvalue weighted by molar-refractivity contribution is 7.99. The van der Waals surface area contributed by atoms with Gasteiger partial charge in [0.1, 0.15) is 5.82 Å². The zero-order chi connectivity index (χ0) is 15.8. The number of amides is 1. The van der Waals surface area contributed by atoms with Crippen LogP contribution in [0.15, 0.2) is 5.16 Å². The van der Waals surface area contributed by atoms with Crippen LogP contribution < -0.4 is 5.32 Å². The van der Waals surface area contributed by atoms with E-state index in [1.807, 2.05) is 13.8 Å². The van der Waals surface area contributed by atoms with E-state index in [2.05, 4.69) is 20.1 Å². The lowest BCUT2D eigenvalue weighted by atomic mass is 10.2. The number of rotatable bonds is 8. The summed E-state index contributed by atoms with van der Waals surface area (Å²) in [4.78, 5) is 11.8. The van der Waals surface area contributed by atoms with Gasteiger partial charge in [0.15, 0.2) is 5.16 Å². The number of nitrogens with one attached hydrogen (secondary N) is 1. The lowest BCUT2D eigenvalue weighted by Gasteiger charge is -2.08. The van der Waals surface area contributed by atoms with Gasteiger partial charge in [-0.15, -0.1) is 10.2 Å². The van der Waals surface area contributed by atoms with Gasteiger partial charge >= 0.3 is 0 Å². The molecule has 1 aliphatic heterocycles. The first-order chi connectivity index (χ1) is 10.7. The van der Waals surface area contributed by atoms with Crippen LogP contribution in [0.3, 0.4) is 0 Å². The van der Waals surface area contributed by atoms with Crippen molar-refractivity contribution in [1.29, 1.82) is 0 Å². The Kier molecular flexibility index (Phi) is 7.18. The molecule has 1 N–H and O–H groups in total. The maximum atomic E-state index is 11.8. The molecular weight excluding hydrogens is 300 g/mol. The molecule has 0 saturated carbocycles. The lowest BCUT2D eigenvalue weighted by molar-refractivity contribution is -0.118. The van der Waals surface area contributed by atoms with E-state index in [9.17, 15) is 4.79 Å². The highest BCUT2D eigenvalue weighted by Gasteiger charge is 2.15. The Hall–Kier alpha value is -1.08. The predicted octanol–water partition coefficient (Wildman–Crippen LogP) is 2.03. The first-order valence-corrected chi connectivity index (χ1v) is 9.08. The molecule has 1 aromatic rings. The minimum Gasteiger partial charge on any atom is -0.379 e. The molecule has 0 radical (unpaired) electrons. The molecule has 0 unspecified atom stereocenters. The molecule has 22 heavy (non-hydrogen) atoms. The van der Waals surface area contributed by atoms with E-state index in [1.54, 1.807) is 0 Å². The molecule has 7 heteroatoms. The molecule has 0 aliphatic carbocycles. The average Bonchev–Trinajstić information content (AvgIpc) is 2.71. The number of fused-ring (bicyclic) bond motifs is 1. The van der Waals surface area contributed by atoms with E-state index in [0.29, 0.717) is 18.9 Å². The van der Waals surface area contributed by atoms with Crippen molar-refractivity contribution < 1.29 is 9.53 Å². The second-order valence-corrected chi connectivity index (χ2v) is 6.72. The number of ether oxygens (including phenoxy) is 1. The monoisotopic (exact) mass is 326 g/mol. The average molecular weight is 326 g/mol. The van der Waals surface area contributed by atoms with Gasteiger partial charge in [0.2, 0.25) is 5.91 Å². The molecule has 2 rings (SSSR count). The maximum absolute atomic E-state index is 11.8. The van der Waals surface area contributed by atoms with Crippen LogP contribution in [-0.4, -0.2) is 45.7 Å². The van der Waals surface area contributed by atoms with E-state index >= 15 is 0 Å². The number of aryl methyl sites for hydroxylation is 1. The first-order valence-electron chi connectivity index (χ1n) is 8.10. The van der Waals surface area contributed by atoms with Gasteiger partial charge in [0, 0.05) is 26.1 Å². The SMILES string of the molecule is CC(C)OCCCNC(=O)CSc1nnc2n1CCCCC2. The smallest absolute Gasteiger partial charge is 0.230 e. The molecule has 0 atom stereocenters. The predicted molar refractivity (Wildman–Crippen MR) is 87.0 cm³/mol.